The summed E-state index contributed by atoms with van der Waals surface area (Å²) < 4.78 is 22.7. The smallest absolute Gasteiger partial charge is 0.350 e. The lowest BCUT2D eigenvalue weighted by Gasteiger charge is -2.24. The molecule has 5 rings (SSSR count). The van der Waals surface area contributed by atoms with E-state index in [-0.39, 0.29) is 34.1 Å². The van der Waals surface area contributed by atoms with Crippen LogP contribution in [0.3, 0.4) is 0 Å². The van der Waals surface area contributed by atoms with Gasteiger partial charge in [0.25, 0.3) is 5.78 Å². The molecule has 3 aromatic rings. The van der Waals surface area contributed by atoms with Crippen molar-refractivity contribution in [3.63, 3.8) is 0 Å². The van der Waals surface area contributed by atoms with Gasteiger partial charge in [-0.1, -0.05) is 37.0 Å². The maximum atomic E-state index is 13.7. The van der Waals surface area contributed by atoms with Gasteiger partial charge in [0.05, 0.1) is 30.5 Å². The summed E-state index contributed by atoms with van der Waals surface area (Å²) >= 11 is 0.931. The second kappa shape index (κ2) is 12.9. The Bertz CT molecular complexity index is 1660. The van der Waals surface area contributed by atoms with Crippen LogP contribution >= 0.6 is 11.3 Å². The Kier molecular flexibility index (Phi) is 9.05. The largest absolute Gasteiger partial charge is 0.507 e. The van der Waals surface area contributed by atoms with E-state index in [9.17, 15) is 19.5 Å². The van der Waals surface area contributed by atoms with Crippen molar-refractivity contribution in [1.29, 1.82) is 0 Å². The van der Waals surface area contributed by atoms with Gasteiger partial charge in [0, 0.05) is 12.0 Å². The number of carbonyl (C=O) groups is 3. The minimum Gasteiger partial charge on any atom is -0.507 e. The number of aromatic nitrogens is 1. The molecule has 0 radical (unpaired) electrons. The highest BCUT2D eigenvalue weighted by Crippen LogP contribution is 2.46. The maximum absolute atomic E-state index is 13.7. The Morgan fingerprint density at radius 1 is 1.18 bits per heavy atom. The highest BCUT2D eigenvalue weighted by molar-refractivity contribution is 7.17. The predicted octanol–water partition coefficient (Wildman–Crippen LogP) is 5.93. The number of carbonyl (C=O) groups excluding carboxylic acids is 3. The molecule has 1 saturated heterocycles. The first-order valence-corrected chi connectivity index (χ1v) is 15.3. The van der Waals surface area contributed by atoms with E-state index in [0.29, 0.717) is 53.7 Å². The quantitative estimate of drug-likeness (QED) is 0.0915. The van der Waals surface area contributed by atoms with Crippen molar-refractivity contribution >= 4 is 39.9 Å². The zero-order chi connectivity index (χ0) is 31.5. The monoisotopic (exact) mass is 618 g/mol. The lowest BCUT2D eigenvalue weighted by Crippen LogP contribution is -2.29. The molecule has 1 aromatic heterocycles. The number of thiazole rings is 1. The SMILES string of the molecule is C=CCOC(=O)c1sc(N2C(=O)C(=O)C(=C(O)c3ccc4c(c3)C[C@@H](C)O4)[C@@H]2c2ccc(OCCC)c(OCC)c2)nc1C. The molecule has 0 aliphatic carbocycles. The van der Waals surface area contributed by atoms with Gasteiger partial charge in [-0.05, 0) is 68.7 Å². The van der Waals surface area contributed by atoms with Crippen molar-refractivity contribution in [3.8, 4) is 17.2 Å². The first kappa shape index (κ1) is 30.8. The molecule has 0 spiro atoms. The van der Waals surface area contributed by atoms with E-state index in [1.54, 1.807) is 43.3 Å². The van der Waals surface area contributed by atoms with Crippen molar-refractivity contribution in [3.05, 3.63) is 81.9 Å². The zero-order valence-corrected chi connectivity index (χ0v) is 25.9. The fourth-order valence-corrected chi connectivity index (χ4v) is 6.23. The number of rotatable bonds is 11. The van der Waals surface area contributed by atoms with Crippen LogP contribution in [0.1, 0.15) is 65.3 Å². The summed E-state index contributed by atoms with van der Waals surface area (Å²) in [5.74, 6) is -1.07. The molecule has 2 aliphatic rings. The van der Waals surface area contributed by atoms with Crippen molar-refractivity contribution in [2.24, 2.45) is 0 Å². The normalized spacial score (nSPS) is 18.6. The van der Waals surface area contributed by atoms with E-state index >= 15 is 0 Å². The molecule has 44 heavy (non-hydrogen) atoms. The van der Waals surface area contributed by atoms with Gasteiger partial charge in [-0.2, -0.15) is 0 Å². The third kappa shape index (κ3) is 5.79. The summed E-state index contributed by atoms with van der Waals surface area (Å²) in [4.78, 5) is 46.1. The molecule has 2 aliphatic heterocycles. The number of esters is 1. The van der Waals surface area contributed by atoms with Crippen LogP contribution in [0.25, 0.3) is 5.76 Å². The number of benzene rings is 2. The molecule has 0 bridgehead atoms. The molecular formula is C33H34N2O8S. The summed E-state index contributed by atoms with van der Waals surface area (Å²) in [6.07, 6.45) is 2.87. The van der Waals surface area contributed by atoms with Crippen LogP contribution in [0.2, 0.25) is 0 Å². The first-order valence-electron chi connectivity index (χ1n) is 14.4. The van der Waals surface area contributed by atoms with Crippen LogP contribution in [-0.2, 0) is 20.7 Å². The number of nitrogens with zero attached hydrogens (tertiary/aromatic N) is 2. The molecule has 1 amide bonds. The molecule has 3 heterocycles. The van der Waals surface area contributed by atoms with Gasteiger partial charge in [0.2, 0.25) is 0 Å². The van der Waals surface area contributed by atoms with E-state index in [0.717, 1.165) is 23.3 Å². The topological polar surface area (TPSA) is 124 Å². The molecular weight excluding hydrogens is 584 g/mol. The van der Waals surface area contributed by atoms with Crippen LogP contribution in [0.15, 0.2) is 54.6 Å². The molecule has 230 valence electrons. The third-order valence-electron chi connectivity index (χ3n) is 7.17. The van der Waals surface area contributed by atoms with Gasteiger partial charge in [-0.15, -0.1) is 0 Å². The summed E-state index contributed by atoms with van der Waals surface area (Å²) in [6, 6.07) is 9.23. The van der Waals surface area contributed by atoms with Gasteiger partial charge in [-0.3, -0.25) is 14.5 Å². The van der Waals surface area contributed by atoms with Gasteiger partial charge in [0.1, 0.15) is 29.1 Å². The highest BCUT2D eigenvalue weighted by atomic mass is 32.1. The molecule has 1 N–H and O–H groups in total. The number of amides is 1. The predicted molar refractivity (Wildman–Crippen MR) is 166 cm³/mol. The van der Waals surface area contributed by atoms with Gasteiger partial charge >= 0.3 is 11.9 Å². The average molecular weight is 619 g/mol. The van der Waals surface area contributed by atoms with Crippen molar-refractivity contribution < 1.29 is 38.4 Å². The van der Waals surface area contributed by atoms with Crippen molar-refractivity contribution in [2.45, 2.75) is 52.7 Å². The standard InChI is InChI=1S/C33H34N2O8S/c1-6-13-41-24-12-9-20(17-25(24)40-8-3)27-26(28(36)21-10-11-23-22(16-21)15-18(4)43-23)29(37)31(38)35(27)33-34-19(5)30(44-33)32(39)42-14-7-2/h7,9-12,16-18,27,36H,2,6,8,13-15H2,1,3-5H3/t18-,27+/m1/s1. The first-order chi connectivity index (χ1) is 21.2. The number of Topliss-reactive ketones (excluding diaryl/α,β-unsaturated/α-hetero) is 1. The fourth-order valence-electron chi connectivity index (χ4n) is 5.24. The molecule has 0 unspecified atom stereocenters. The number of ketones is 1. The third-order valence-corrected chi connectivity index (χ3v) is 8.30. The molecule has 11 heteroatoms. The molecule has 2 atom stereocenters. The van der Waals surface area contributed by atoms with Crippen LogP contribution in [0.5, 0.6) is 17.2 Å². The lowest BCUT2D eigenvalue weighted by molar-refractivity contribution is -0.132. The Labute approximate surface area is 259 Å². The highest BCUT2D eigenvalue weighted by Gasteiger charge is 2.49. The maximum Gasteiger partial charge on any atom is 0.350 e. The minimum atomic E-state index is -1.08. The van der Waals surface area contributed by atoms with Crippen LogP contribution in [0, 0.1) is 6.92 Å². The number of hydrogen-bond acceptors (Lipinski definition) is 10. The number of aliphatic hydroxyl groups is 1. The van der Waals surface area contributed by atoms with Crippen LogP contribution in [-0.4, -0.2) is 53.7 Å². The molecule has 10 nitrogen and oxygen atoms in total. The summed E-state index contributed by atoms with van der Waals surface area (Å²) in [6.45, 7) is 11.8. The van der Waals surface area contributed by atoms with Gasteiger partial charge in [-0.25, -0.2) is 9.78 Å². The average Bonchev–Trinajstić information content (AvgIpc) is 3.66. The minimum absolute atomic E-state index is 0.00722. The lowest BCUT2D eigenvalue weighted by atomic mass is 9.94. The van der Waals surface area contributed by atoms with Crippen LogP contribution < -0.4 is 19.1 Å². The summed E-state index contributed by atoms with van der Waals surface area (Å²) in [5.41, 5.74) is 1.98. The number of ether oxygens (including phenoxy) is 4. The van der Waals surface area contributed by atoms with E-state index in [1.165, 1.54) is 11.0 Å². The number of anilines is 1. The Morgan fingerprint density at radius 2 is 1.98 bits per heavy atom. The van der Waals surface area contributed by atoms with Crippen molar-refractivity contribution in [2.75, 3.05) is 24.7 Å². The fraction of sp³-hybridized carbons (Fsp3) is 0.333. The van der Waals surface area contributed by atoms with E-state index in [1.807, 2.05) is 20.8 Å². The molecule has 2 aromatic carbocycles. The number of fused-ring (bicyclic) bond motifs is 1. The van der Waals surface area contributed by atoms with E-state index in [4.69, 9.17) is 18.9 Å². The summed E-state index contributed by atoms with van der Waals surface area (Å²) in [5, 5.41) is 11.8. The Balaban J connectivity index is 1.67. The van der Waals surface area contributed by atoms with Crippen LogP contribution in [0.4, 0.5) is 5.13 Å². The van der Waals surface area contributed by atoms with Gasteiger partial charge < -0.3 is 24.1 Å². The van der Waals surface area contributed by atoms with E-state index < -0.39 is 23.7 Å². The van der Waals surface area contributed by atoms with E-state index in [2.05, 4.69) is 11.6 Å². The molecule has 0 saturated carbocycles. The molecule has 1 fully saturated rings. The Hall–Kier alpha value is -4.64. The number of hydrogen-bond donors (Lipinski definition) is 1. The second-order valence-electron chi connectivity index (χ2n) is 10.4. The number of aryl methyl sites for hydroxylation is 1. The van der Waals surface area contributed by atoms with Crippen molar-refractivity contribution in [1.82, 2.24) is 4.98 Å². The summed E-state index contributed by atoms with van der Waals surface area (Å²) in [7, 11) is 0. The van der Waals surface area contributed by atoms with Gasteiger partial charge in [0.15, 0.2) is 16.6 Å². The Morgan fingerprint density at radius 3 is 2.70 bits per heavy atom. The zero-order valence-electron chi connectivity index (χ0n) is 25.0. The number of aliphatic hydroxyl groups excluding tert-OH is 1. The second-order valence-corrected chi connectivity index (χ2v) is 11.4.